The molecule has 184 valence electrons. The van der Waals surface area contributed by atoms with E-state index in [1.165, 1.54) is 11.8 Å². The van der Waals surface area contributed by atoms with Crippen LogP contribution in [-0.2, 0) is 17.8 Å². The van der Waals surface area contributed by atoms with Crippen LogP contribution in [0.2, 0.25) is 0 Å². The molecule has 0 atom stereocenters. The average Bonchev–Trinajstić information content (AvgIpc) is 3.63. The van der Waals surface area contributed by atoms with Crippen molar-refractivity contribution in [2.24, 2.45) is 5.92 Å². The number of hydrogen-bond acceptors (Lipinski definition) is 9. The van der Waals surface area contributed by atoms with Gasteiger partial charge in [0.2, 0.25) is 0 Å². The molecule has 3 N–H and O–H groups in total. The van der Waals surface area contributed by atoms with Gasteiger partial charge in [0.1, 0.15) is 17.4 Å². The number of aliphatic hydroxyl groups excluding tert-OH is 1. The molecule has 5 rings (SSSR count). The van der Waals surface area contributed by atoms with Crippen LogP contribution in [0.5, 0.6) is 0 Å². The van der Waals surface area contributed by atoms with E-state index in [-0.39, 0.29) is 12.5 Å². The first-order valence-corrected chi connectivity index (χ1v) is 12.8. The van der Waals surface area contributed by atoms with Crippen molar-refractivity contribution < 1.29 is 9.90 Å². The Balaban J connectivity index is 1.42. The predicted octanol–water partition coefficient (Wildman–Crippen LogP) is 3.17. The normalized spacial score (nSPS) is 16.5. The Morgan fingerprint density at radius 2 is 1.91 bits per heavy atom. The number of nitrogens with zero attached hydrogens (tertiary/aromatic N) is 5. The van der Waals surface area contributed by atoms with Crippen LogP contribution in [0.4, 0.5) is 17.5 Å². The lowest BCUT2D eigenvalue weighted by Gasteiger charge is -2.34. The number of aryl methyl sites for hydroxylation is 1. The number of aromatic nitrogens is 4. The topological polar surface area (TPSA) is 110 Å². The van der Waals surface area contributed by atoms with Gasteiger partial charge < -0.3 is 20.2 Å². The molecule has 0 unspecified atom stereocenters. The highest BCUT2D eigenvalue weighted by molar-refractivity contribution is 7.99. The van der Waals surface area contributed by atoms with Crippen LogP contribution in [0.3, 0.4) is 0 Å². The second-order valence-corrected chi connectivity index (χ2v) is 10.4. The van der Waals surface area contributed by atoms with Crippen molar-refractivity contribution in [1.29, 1.82) is 0 Å². The van der Waals surface area contributed by atoms with Gasteiger partial charge in [0.25, 0.3) is 0 Å². The van der Waals surface area contributed by atoms with Crippen LogP contribution >= 0.6 is 11.8 Å². The van der Waals surface area contributed by atoms with Gasteiger partial charge in [-0.3, -0.25) is 9.89 Å². The molecule has 1 saturated heterocycles. The molecule has 10 heteroatoms. The number of likely N-dealkylation sites (N-methyl/N-ethyl adjacent to an activating group) is 1. The molecule has 0 amide bonds. The van der Waals surface area contributed by atoms with Crippen LogP contribution in [0.15, 0.2) is 40.4 Å². The molecule has 2 aliphatic rings. The summed E-state index contributed by atoms with van der Waals surface area (Å²) in [6.07, 6.45) is 2.58. The summed E-state index contributed by atoms with van der Waals surface area (Å²) in [6, 6.07) is 9.95. The predicted molar refractivity (Wildman–Crippen MR) is 136 cm³/mol. The van der Waals surface area contributed by atoms with Crippen molar-refractivity contribution in [3.05, 3.63) is 47.2 Å². The third-order valence-electron chi connectivity index (χ3n) is 6.42. The van der Waals surface area contributed by atoms with Crippen LogP contribution in [0.1, 0.15) is 29.7 Å². The summed E-state index contributed by atoms with van der Waals surface area (Å²) < 4.78 is 0. The highest BCUT2D eigenvalue weighted by Crippen LogP contribution is 2.34. The maximum absolute atomic E-state index is 12.1. The summed E-state index contributed by atoms with van der Waals surface area (Å²) in [4.78, 5) is 27.3. The molecule has 2 fully saturated rings. The number of carbonyl (C=O) groups excluding carboxylic acids is 1. The van der Waals surface area contributed by atoms with Gasteiger partial charge in [0, 0.05) is 55.2 Å². The van der Waals surface area contributed by atoms with Gasteiger partial charge in [-0.05, 0) is 56.3 Å². The Morgan fingerprint density at radius 1 is 1.17 bits per heavy atom. The quantitative estimate of drug-likeness (QED) is 0.387. The Bertz CT molecular complexity index is 1190. The fourth-order valence-electron chi connectivity index (χ4n) is 4.16. The van der Waals surface area contributed by atoms with Gasteiger partial charge in [-0.25, -0.2) is 9.97 Å². The standard InChI is InChI=1S/C25H31N7O2S/c1-16-13-22(30-29-16)26-23-20(15-33)24(32-11-9-31(2)10-12-32)28-25(27-23)35-19-7-3-17(4-8-19)14-21(34)18-5-6-18/h3-4,7-8,13,18,33H,5-6,9-12,14-15H2,1-2H3,(H2,26,27,28,29,30). The van der Waals surface area contributed by atoms with Crippen molar-refractivity contribution >= 4 is 35.0 Å². The minimum absolute atomic E-state index is 0.178. The van der Waals surface area contributed by atoms with Crippen LogP contribution < -0.4 is 10.2 Å². The molecule has 9 nitrogen and oxygen atoms in total. The van der Waals surface area contributed by atoms with Crippen LogP contribution in [0.25, 0.3) is 0 Å². The highest BCUT2D eigenvalue weighted by atomic mass is 32.2. The van der Waals surface area contributed by atoms with E-state index in [9.17, 15) is 9.90 Å². The van der Waals surface area contributed by atoms with E-state index < -0.39 is 0 Å². The second kappa shape index (κ2) is 10.3. The van der Waals surface area contributed by atoms with Crippen molar-refractivity contribution in [2.75, 3.05) is 43.4 Å². The van der Waals surface area contributed by atoms with Gasteiger partial charge in [-0.1, -0.05) is 12.1 Å². The van der Waals surface area contributed by atoms with Gasteiger partial charge in [-0.2, -0.15) is 5.10 Å². The second-order valence-electron chi connectivity index (χ2n) is 9.33. The van der Waals surface area contributed by atoms with E-state index in [2.05, 4.69) is 32.4 Å². The fraction of sp³-hybridized carbons (Fsp3) is 0.440. The maximum atomic E-state index is 12.1. The van der Waals surface area contributed by atoms with E-state index in [1.807, 2.05) is 37.3 Å². The molecule has 2 aromatic heterocycles. The van der Waals surface area contributed by atoms with Gasteiger partial charge in [0.05, 0.1) is 12.2 Å². The highest BCUT2D eigenvalue weighted by Gasteiger charge is 2.29. The van der Waals surface area contributed by atoms with Crippen LogP contribution in [0, 0.1) is 12.8 Å². The Morgan fingerprint density at radius 3 is 2.54 bits per heavy atom. The number of benzene rings is 1. The molecule has 1 aliphatic carbocycles. The minimum atomic E-state index is -0.178. The molecule has 3 aromatic rings. The first-order chi connectivity index (χ1) is 17.0. The van der Waals surface area contributed by atoms with E-state index >= 15 is 0 Å². The largest absolute Gasteiger partial charge is 0.391 e. The average molecular weight is 494 g/mol. The zero-order valence-corrected chi connectivity index (χ0v) is 20.9. The van der Waals surface area contributed by atoms with Crippen molar-refractivity contribution in [1.82, 2.24) is 25.1 Å². The molecular formula is C25H31N7O2S. The van der Waals surface area contributed by atoms with Crippen LogP contribution in [-0.4, -0.2) is 69.2 Å². The van der Waals surface area contributed by atoms with Gasteiger partial charge in [0.15, 0.2) is 11.0 Å². The number of aromatic amines is 1. The summed E-state index contributed by atoms with van der Waals surface area (Å²) in [5.74, 6) is 2.56. The van der Waals surface area contributed by atoms with Crippen molar-refractivity contribution in [3.63, 3.8) is 0 Å². The number of carbonyl (C=O) groups is 1. The molecule has 0 radical (unpaired) electrons. The van der Waals surface area contributed by atoms with Gasteiger partial charge in [-0.15, -0.1) is 0 Å². The van der Waals surface area contributed by atoms with Gasteiger partial charge >= 0.3 is 0 Å². The number of ketones is 1. The molecule has 1 aliphatic heterocycles. The molecule has 3 heterocycles. The lowest BCUT2D eigenvalue weighted by atomic mass is 10.1. The lowest BCUT2D eigenvalue weighted by Crippen LogP contribution is -2.45. The zero-order valence-electron chi connectivity index (χ0n) is 20.1. The number of nitrogens with one attached hydrogen (secondary N) is 2. The number of aliphatic hydroxyl groups is 1. The number of Topliss-reactive ketones (excluding diaryl/α,β-unsaturated/α-hetero) is 1. The summed E-state index contributed by atoms with van der Waals surface area (Å²) in [7, 11) is 2.11. The van der Waals surface area contributed by atoms with E-state index in [1.54, 1.807) is 0 Å². The van der Waals surface area contributed by atoms with E-state index in [0.29, 0.717) is 34.6 Å². The third-order valence-corrected chi connectivity index (χ3v) is 7.29. The van der Waals surface area contributed by atoms with Crippen molar-refractivity contribution in [2.45, 2.75) is 42.8 Å². The summed E-state index contributed by atoms with van der Waals surface area (Å²) in [6.45, 7) is 5.27. The SMILES string of the molecule is Cc1cc(Nc2nc(Sc3ccc(CC(=O)C4CC4)cc3)nc(N3CCN(C)CC3)c2CO)n[nH]1. The zero-order chi connectivity index (χ0) is 24.4. The third kappa shape index (κ3) is 5.83. The number of piperazine rings is 1. The molecule has 1 saturated carbocycles. The first kappa shape index (κ1) is 23.8. The monoisotopic (exact) mass is 493 g/mol. The smallest absolute Gasteiger partial charge is 0.196 e. The minimum Gasteiger partial charge on any atom is -0.391 e. The molecule has 35 heavy (non-hydrogen) atoms. The molecule has 0 bridgehead atoms. The number of hydrogen-bond donors (Lipinski definition) is 3. The summed E-state index contributed by atoms with van der Waals surface area (Å²) in [5, 5.41) is 21.3. The maximum Gasteiger partial charge on any atom is 0.196 e. The molecular weight excluding hydrogens is 462 g/mol. The number of H-pyrrole nitrogens is 1. The van der Waals surface area contributed by atoms with E-state index in [0.717, 1.165) is 61.0 Å². The summed E-state index contributed by atoms with van der Waals surface area (Å²) in [5.41, 5.74) is 2.63. The molecule has 0 spiro atoms. The fourth-order valence-corrected chi connectivity index (χ4v) is 4.91. The Labute approximate surface area is 209 Å². The Kier molecular flexibility index (Phi) is 7.03. The Hall–Kier alpha value is -2.95. The number of rotatable bonds is 9. The lowest BCUT2D eigenvalue weighted by molar-refractivity contribution is -0.119. The number of anilines is 3. The van der Waals surface area contributed by atoms with Crippen molar-refractivity contribution in [3.8, 4) is 0 Å². The summed E-state index contributed by atoms with van der Waals surface area (Å²) >= 11 is 1.47. The first-order valence-electron chi connectivity index (χ1n) is 12.0. The molecule has 1 aromatic carbocycles. The van der Waals surface area contributed by atoms with E-state index in [4.69, 9.17) is 9.97 Å².